The molecule has 1 aliphatic heterocycles. The van der Waals surface area contributed by atoms with E-state index in [9.17, 15) is 26.4 Å². The van der Waals surface area contributed by atoms with Gasteiger partial charge in [-0.15, -0.1) is 0 Å². The minimum absolute atomic E-state index is 0.00468. The number of carbonyl (C=O) groups excluding carboxylic acids is 1. The standard InChI is InChI=1S/C29H22F3N5O4S/c30-29(31,32)22-9-12-27(34-19-22)41-23-10-7-21(8-11-23)25-5-2-6-26(35-25)28(38)36-13-15-37(16-14-36)42(39,40)24-4-1-3-20(17-24)18-33/h1-12,17,19H,13-16H2. The van der Waals surface area contributed by atoms with Crippen molar-refractivity contribution in [2.24, 2.45) is 0 Å². The Morgan fingerprint density at radius 2 is 1.64 bits per heavy atom. The van der Waals surface area contributed by atoms with E-state index in [4.69, 9.17) is 10.00 Å². The highest BCUT2D eigenvalue weighted by atomic mass is 32.2. The number of rotatable bonds is 6. The Morgan fingerprint density at radius 3 is 2.29 bits per heavy atom. The van der Waals surface area contributed by atoms with Gasteiger partial charge in [-0.25, -0.2) is 18.4 Å². The number of hydrogen-bond donors (Lipinski definition) is 0. The lowest BCUT2D eigenvalue weighted by molar-refractivity contribution is -0.137. The van der Waals surface area contributed by atoms with Gasteiger partial charge in [-0.1, -0.05) is 12.1 Å². The second-order valence-corrected chi connectivity index (χ2v) is 11.2. The molecule has 0 unspecified atom stereocenters. The molecule has 1 amide bonds. The molecule has 0 spiro atoms. The number of sulfonamides is 1. The van der Waals surface area contributed by atoms with Gasteiger partial charge >= 0.3 is 6.18 Å². The van der Waals surface area contributed by atoms with E-state index in [1.165, 1.54) is 33.5 Å². The number of pyridine rings is 2. The van der Waals surface area contributed by atoms with E-state index in [-0.39, 0.29) is 54.1 Å². The van der Waals surface area contributed by atoms with Crippen molar-refractivity contribution in [3.8, 4) is 29.0 Å². The Labute approximate surface area is 239 Å². The van der Waals surface area contributed by atoms with E-state index in [0.717, 1.165) is 12.1 Å². The summed E-state index contributed by atoms with van der Waals surface area (Å²) in [5.41, 5.74) is 0.750. The smallest absolute Gasteiger partial charge is 0.417 e. The molecule has 9 nitrogen and oxygen atoms in total. The van der Waals surface area contributed by atoms with Gasteiger partial charge in [-0.3, -0.25) is 4.79 Å². The maximum Gasteiger partial charge on any atom is 0.417 e. The highest BCUT2D eigenvalue weighted by molar-refractivity contribution is 7.89. The molecule has 42 heavy (non-hydrogen) atoms. The van der Waals surface area contributed by atoms with Crippen LogP contribution < -0.4 is 4.74 Å². The predicted molar refractivity (Wildman–Crippen MR) is 145 cm³/mol. The molecule has 1 aliphatic rings. The maximum atomic E-state index is 13.2. The summed E-state index contributed by atoms with van der Waals surface area (Å²) in [7, 11) is -3.81. The first-order valence-electron chi connectivity index (χ1n) is 12.6. The number of piperazine rings is 1. The van der Waals surface area contributed by atoms with Gasteiger partial charge < -0.3 is 9.64 Å². The van der Waals surface area contributed by atoms with E-state index in [1.54, 1.807) is 42.5 Å². The van der Waals surface area contributed by atoms with Crippen molar-refractivity contribution in [3.05, 3.63) is 102 Å². The second kappa shape index (κ2) is 11.6. The Kier molecular flexibility index (Phi) is 7.93. The second-order valence-electron chi connectivity index (χ2n) is 9.25. The normalized spacial score (nSPS) is 14.3. The summed E-state index contributed by atoms with van der Waals surface area (Å²) in [5, 5.41) is 9.08. The van der Waals surface area contributed by atoms with Gasteiger partial charge in [-0.05, 0) is 60.7 Å². The molecule has 3 heterocycles. The number of aromatic nitrogens is 2. The van der Waals surface area contributed by atoms with Crippen LogP contribution in [0.15, 0.2) is 90.0 Å². The van der Waals surface area contributed by atoms with Gasteiger partial charge in [0.15, 0.2) is 0 Å². The van der Waals surface area contributed by atoms with Gasteiger partial charge in [0.1, 0.15) is 11.4 Å². The summed E-state index contributed by atoms with van der Waals surface area (Å²) in [5.74, 6) is 0.0178. The third-order valence-electron chi connectivity index (χ3n) is 6.53. The fourth-order valence-corrected chi connectivity index (χ4v) is 5.77. The number of hydrogen-bond acceptors (Lipinski definition) is 7. The lowest BCUT2D eigenvalue weighted by Crippen LogP contribution is -2.50. The molecular formula is C29H22F3N5O4S. The van der Waals surface area contributed by atoms with Crippen LogP contribution in [0.25, 0.3) is 11.3 Å². The average molecular weight is 594 g/mol. The summed E-state index contributed by atoms with van der Waals surface area (Å²) >= 11 is 0. The Morgan fingerprint density at radius 1 is 0.929 bits per heavy atom. The fraction of sp³-hybridized carbons (Fsp3) is 0.172. The minimum atomic E-state index is -4.49. The van der Waals surface area contributed by atoms with E-state index in [0.29, 0.717) is 23.2 Å². The molecule has 0 bridgehead atoms. The Hall–Kier alpha value is -4.80. The SMILES string of the molecule is N#Cc1cccc(S(=O)(=O)N2CCN(C(=O)c3cccc(-c4ccc(Oc5ccc(C(F)(F)F)cn5)cc4)n3)CC2)c1. The summed E-state index contributed by atoms with van der Waals surface area (Å²) in [6.45, 7) is 0.539. The summed E-state index contributed by atoms with van der Waals surface area (Å²) < 4.78 is 71.1. The quantitative estimate of drug-likeness (QED) is 0.310. The molecular weight excluding hydrogens is 571 g/mol. The lowest BCUT2D eigenvalue weighted by Gasteiger charge is -2.33. The molecule has 1 fully saturated rings. The topological polar surface area (TPSA) is 116 Å². The van der Waals surface area contributed by atoms with Crippen molar-refractivity contribution >= 4 is 15.9 Å². The zero-order valence-corrected chi connectivity index (χ0v) is 22.6. The Balaban J connectivity index is 1.22. The first-order chi connectivity index (χ1) is 20.0. The summed E-state index contributed by atoms with van der Waals surface area (Å²) in [6.07, 6.45) is -3.79. The van der Waals surface area contributed by atoms with Crippen molar-refractivity contribution < 1.29 is 31.1 Å². The molecule has 0 N–H and O–H groups in total. The zero-order valence-electron chi connectivity index (χ0n) is 21.8. The maximum absolute atomic E-state index is 13.2. The molecule has 2 aromatic carbocycles. The number of alkyl halides is 3. The Bertz CT molecular complexity index is 1750. The molecule has 4 aromatic rings. The van der Waals surface area contributed by atoms with E-state index in [1.807, 2.05) is 6.07 Å². The van der Waals surface area contributed by atoms with Crippen LogP contribution in [0.3, 0.4) is 0 Å². The number of carbonyl (C=O) groups is 1. The van der Waals surface area contributed by atoms with Crippen LogP contribution in [-0.2, 0) is 16.2 Å². The number of halogens is 3. The van der Waals surface area contributed by atoms with Crippen LogP contribution in [0, 0.1) is 11.3 Å². The molecule has 0 radical (unpaired) electrons. The predicted octanol–water partition coefficient (Wildman–Crippen LogP) is 4.97. The van der Waals surface area contributed by atoms with Gasteiger partial charge in [0, 0.05) is 44.0 Å². The van der Waals surface area contributed by atoms with Crippen LogP contribution in [0.1, 0.15) is 21.6 Å². The number of nitriles is 1. The van der Waals surface area contributed by atoms with Gasteiger partial charge in [0.2, 0.25) is 15.9 Å². The van der Waals surface area contributed by atoms with Crippen molar-refractivity contribution in [1.29, 1.82) is 5.26 Å². The minimum Gasteiger partial charge on any atom is -0.439 e. The van der Waals surface area contributed by atoms with Gasteiger partial charge in [0.05, 0.1) is 27.8 Å². The monoisotopic (exact) mass is 593 g/mol. The number of ether oxygens (including phenoxy) is 1. The third kappa shape index (κ3) is 6.24. The largest absolute Gasteiger partial charge is 0.439 e. The van der Waals surface area contributed by atoms with Crippen LogP contribution in [0.5, 0.6) is 11.6 Å². The van der Waals surface area contributed by atoms with Crippen LogP contribution in [0.2, 0.25) is 0 Å². The summed E-state index contributed by atoms with van der Waals surface area (Å²) in [6, 6.07) is 21.4. The van der Waals surface area contributed by atoms with Gasteiger partial charge in [0.25, 0.3) is 5.91 Å². The molecule has 0 aliphatic carbocycles. The van der Waals surface area contributed by atoms with Crippen molar-refractivity contribution in [2.45, 2.75) is 11.1 Å². The van der Waals surface area contributed by atoms with Gasteiger partial charge in [-0.2, -0.15) is 22.7 Å². The highest BCUT2D eigenvalue weighted by Gasteiger charge is 2.32. The lowest BCUT2D eigenvalue weighted by atomic mass is 10.1. The zero-order chi connectivity index (χ0) is 29.9. The highest BCUT2D eigenvalue weighted by Crippen LogP contribution is 2.30. The third-order valence-corrected chi connectivity index (χ3v) is 8.43. The molecule has 2 aromatic heterocycles. The average Bonchev–Trinajstić information content (AvgIpc) is 3.01. The van der Waals surface area contributed by atoms with Crippen molar-refractivity contribution in [2.75, 3.05) is 26.2 Å². The fourth-order valence-electron chi connectivity index (χ4n) is 4.31. The number of nitrogens with zero attached hydrogens (tertiary/aromatic N) is 5. The van der Waals surface area contributed by atoms with Crippen LogP contribution >= 0.6 is 0 Å². The number of amides is 1. The van der Waals surface area contributed by atoms with Crippen molar-refractivity contribution in [3.63, 3.8) is 0 Å². The molecule has 0 saturated carbocycles. The van der Waals surface area contributed by atoms with Crippen molar-refractivity contribution in [1.82, 2.24) is 19.2 Å². The first-order valence-corrected chi connectivity index (χ1v) is 14.1. The first kappa shape index (κ1) is 28.7. The summed E-state index contributed by atoms with van der Waals surface area (Å²) in [4.78, 5) is 22.9. The van der Waals surface area contributed by atoms with E-state index < -0.39 is 21.8 Å². The van der Waals surface area contributed by atoms with E-state index in [2.05, 4.69) is 9.97 Å². The van der Waals surface area contributed by atoms with E-state index >= 15 is 0 Å². The number of benzene rings is 2. The van der Waals surface area contributed by atoms with Crippen LogP contribution in [-0.4, -0.2) is 59.7 Å². The molecule has 1 saturated heterocycles. The molecule has 0 atom stereocenters. The molecule has 13 heteroatoms. The molecule has 214 valence electrons. The van der Waals surface area contributed by atoms with Crippen LogP contribution in [0.4, 0.5) is 13.2 Å². The molecule has 5 rings (SSSR count).